The van der Waals surface area contributed by atoms with Gasteiger partial charge in [0.15, 0.2) is 0 Å². The maximum Gasteiger partial charge on any atom is 0.407 e. The van der Waals surface area contributed by atoms with Gasteiger partial charge in [-0.2, -0.15) is 0 Å². The van der Waals surface area contributed by atoms with Crippen molar-refractivity contribution in [2.24, 2.45) is 0 Å². The van der Waals surface area contributed by atoms with Crippen molar-refractivity contribution in [2.75, 3.05) is 39.5 Å². The summed E-state index contributed by atoms with van der Waals surface area (Å²) in [5.41, 5.74) is -0.618. The fraction of sp³-hybridized carbons (Fsp3) is 0.680. The first-order chi connectivity index (χ1) is 19.1. The lowest BCUT2D eigenvalue weighted by molar-refractivity contribution is -0.142. The molecule has 14 nitrogen and oxygen atoms in total. The van der Waals surface area contributed by atoms with Gasteiger partial charge in [-0.1, -0.05) is 0 Å². The second-order valence-corrected chi connectivity index (χ2v) is 11.6. The molecule has 4 N–H and O–H groups in total. The highest BCUT2D eigenvalue weighted by Crippen LogP contribution is 2.29. The smallest absolute Gasteiger partial charge is 0.407 e. The van der Waals surface area contributed by atoms with Crippen molar-refractivity contribution in [1.29, 1.82) is 0 Å². The van der Waals surface area contributed by atoms with Gasteiger partial charge in [0.1, 0.15) is 26.6 Å². The SMILES string of the molecule is C[C@H](NC(=O)CCOCCOCCN1C(=O)C(Br)=C(Br)C1=O)C(=O)N[C@@H](CCCCNC(=O)OC(C)(C)C)C(=O)O. The lowest BCUT2D eigenvalue weighted by atomic mass is 10.1. The molecule has 0 fully saturated rings. The van der Waals surface area contributed by atoms with Crippen LogP contribution in [0.3, 0.4) is 0 Å². The molecule has 2 atom stereocenters. The van der Waals surface area contributed by atoms with Crippen LogP contribution in [0.15, 0.2) is 8.96 Å². The average molecular weight is 714 g/mol. The molecule has 0 aliphatic carbocycles. The quantitative estimate of drug-likeness (QED) is 0.120. The van der Waals surface area contributed by atoms with E-state index in [-0.39, 0.29) is 54.8 Å². The van der Waals surface area contributed by atoms with Crippen LogP contribution in [0.5, 0.6) is 0 Å². The van der Waals surface area contributed by atoms with Crippen LogP contribution in [0.1, 0.15) is 53.4 Å². The monoisotopic (exact) mass is 712 g/mol. The molecular formula is C25H38Br2N4O10. The molecule has 1 rings (SSSR count). The highest BCUT2D eigenvalue weighted by atomic mass is 79.9. The van der Waals surface area contributed by atoms with Crippen LogP contribution in [0, 0.1) is 0 Å². The first-order valence-electron chi connectivity index (χ1n) is 13.0. The number of carboxylic acid groups (broad SMARTS) is 1. The summed E-state index contributed by atoms with van der Waals surface area (Å²) in [6, 6.07) is -2.11. The number of nitrogens with one attached hydrogen (secondary N) is 3. The summed E-state index contributed by atoms with van der Waals surface area (Å²) >= 11 is 6.08. The molecule has 0 radical (unpaired) electrons. The minimum Gasteiger partial charge on any atom is -0.480 e. The van der Waals surface area contributed by atoms with Crippen molar-refractivity contribution < 1.29 is 48.1 Å². The molecule has 0 unspecified atom stereocenters. The first-order valence-corrected chi connectivity index (χ1v) is 14.6. The molecule has 41 heavy (non-hydrogen) atoms. The van der Waals surface area contributed by atoms with E-state index in [2.05, 4.69) is 47.8 Å². The van der Waals surface area contributed by atoms with Crippen molar-refractivity contribution >= 4 is 67.6 Å². The molecule has 0 saturated heterocycles. The molecule has 0 saturated carbocycles. The van der Waals surface area contributed by atoms with Gasteiger partial charge in [0.25, 0.3) is 11.8 Å². The predicted molar refractivity (Wildman–Crippen MR) is 153 cm³/mol. The number of nitrogens with zero attached hydrogens (tertiary/aromatic N) is 1. The van der Waals surface area contributed by atoms with E-state index in [0.717, 1.165) is 4.90 Å². The Kier molecular flexibility index (Phi) is 16.1. The average Bonchev–Trinajstić information content (AvgIpc) is 3.05. The molecule has 0 bridgehead atoms. The third-order valence-corrected chi connectivity index (χ3v) is 7.34. The van der Waals surface area contributed by atoms with Crippen LogP contribution < -0.4 is 16.0 Å². The van der Waals surface area contributed by atoms with E-state index in [1.165, 1.54) is 6.92 Å². The van der Waals surface area contributed by atoms with Crippen molar-refractivity contribution in [3.8, 4) is 0 Å². The summed E-state index contributed by atoms with van der Waals surface area (Å²) in [7, 11) is 0. The third kappa shape index (κ3) is 14.3. The van der Waals surface area contributed by atoms with Crippen LogP contribution in [0.2, 0.25) is 0 Å². The van der Waals surface area contributed by atoms with Gasteiger partial charge in [-0.05, 0) is 78.8 Å². The van der Waals surface area contributed by atoms with Crippen LogP contribution in [0.25, 0.3) is 0 Å². The number of halogens is 2. The number of hydrogen-bond acceptors (Lipinski definition) is 9. The molecule has 16 heteroatoms. The molecule has 1 aliphatic rings. The molecule has 232 valence electrons. The van der Waals surface area contributed by atoms with E-state index in [0.29, 0.717) is 19.4 Å². The predicted octanol–water partition coefficient (Wildman–Crippen LogP) is 1.55. The normalized spacial score (nSPS) is 15.0. The minimum absolute atomic E-state index is 0.0326. The van der Waals surface area contributed by atoms with Gasteiger partial charge in [-0.25, -0.2) is 9.59 Å². The van der Waals surface area contributed by atoms with Crippen LogP contribution in [-0.2, 0) is 38.2 Å². The summed E-state index contributed by atoms with van der Waals surface area (Å²) in [4.78, 5) is 72.5. The Labute approximate surface area is 255 Å². The summed E-state index contributed by atoms with van der Waals surface area (Å²) < 4.78 is 16.1. The number of rotatable bonds is 18. The van der Waals surface area contributed by atoms with Gasteiger partial charge in [-0.3, -0.25) is 24.1 Å². The second-order valence-electron chi connectivity index (χ2n) is 9.98. The number of imide groups is 1. The maximum absolute atomic E-state index is 12.4. The number of carbonyl (C=O) groups is 6. The van der Waals surface area contributed by atoms with Crippen LogP contribution in [0.4, 0.5) is 4.79 Å². The van der Waals surface area contributed by atoms with Crippen molar-refractivity contribution in [3.05, 3.63) is 8.96 Å². The zero-order chi connectivity index (χ0) is 31.2. The minimum atomic E-state index is -1.20. The molecule has 1 heterocycles. The number of carboxylic acids is 1. The van der Waals surface area contributed by atoms with E-state index >= 15 is 0 Å². The number of aliphatic carboxylic acids is 1. The summed E-state index contributed by atoms with van der Waals surface area (Å²) in [6.45, 7) is 7.58. The Morgan fingerprint density at radius 2 is 1.51 bits per heavy atom. The Morgan fingerprint density at radius 1 is 0.927 bits per heavy atom. The van der Waals surface area contributed by atoms with Crippen molar-refractivity contribution in [1.82, 2.24) is 20.9 Å². The highest BCUT2D eigenvalue weighted by Gasteiger charge is 2.35. The van der Waals surface area contributed by atoms with Crippen LogP contribution >= 0.6 is 31.9 Å². The maximum atomic E-state index is 12.4. The zero-order valence-corrected chi connectivity index (χ0v) is 26.7. The standard InChI is InChI=1S/C25H38Br2N4O10/c1-15(20(33)30-16(23(36)37)7-5-6-9-28-24(38)41-25(2,3)4)29-17(32)8-11-39-13-14-40-12-10-31-21(34)18(26)19(27)22(31)35/h15-16H,5-14H2,1-4H3,(H,28,38)(H,29,32)(H,30,33)(H,36,37)/t15-,16-/m0/s1. The molecule has 0 aromatic carbocycles. The van der Waals surface area contributed by atoms with E-state index in [4.69, 9.17) is 14.2 Å². The lowest BCUT2D eigenvalue weighted by Gasteiger charge is -2.20. The number of unbranched alkanes of at least 4 members (excludes halogenated alkanes) is 1. The largest absolute Gasteiger partial charge is 0.480 e. The lowest BCUT2D eigenvalue weighted by Crippen LogP contribution is -2.50. The van der Waals surface area contributed by atoms with Gasteiger partial charge >= 0.3 is 12.1 Å². The first kappa shape index (κ1) is 36.5. The van der Waals surface area contributed by atoms with Gasteiger partial charge in [0.05, 0.1) is 33.0 Å². The van der Waals surface area contributed by atoms with Gasteiger partial charge in [-0.15, -0.1) is 0 Å². The van der Waals surface area contributed by atoms with Gasteiger partial charge < -0.3 is 35.3 Å². The third-order valence-electron chi connectivity index (χ3n) is 5.34. The number of carbonyl (C=O) groups excluding carboxylic acids is 5. The Bertz CT molecular complexity index is 975. The Balaban J connectivity index is 2.18. The molecule has 1 aliphatic heterocycles. The molecule has 0 spiro atoms. The van der Waals surface area contributed by atoms with E-state index in [1.807, 2.05) is 0 Å². The number of ether oxygens (including phenoxy) is 3. The Hall–Kier alpha value is -2.56. The van der Waals surface area contributed by atoms with Crippen molar-refractivity contribution in [3.63, 3.8) is 0 Å². The summed E-state index contributed by atoms with van der Waals surface area (Å²) in [6.07, 6.45) is 0.464. The molecular weight excluding hydrogens is 676 g/mol. The zero-order valence-electron chi connectivity index (χ0n) is 23.6. The van der Waals surface area contributed by atoms with Crippen LogP contribution in [-0.4, -0.2) is 103 Å². The van der Waals surface area contributed by atoms with E-state index in [9.17, 15) is 33.9 Å². The molecule has 0 aromatic heterocycles. The number of hydrogen-bond donors (Lipinski definition) is 4. The fourth-order valence-corrected chi connectivity index (χ4v) is 4.04. The second kappa shape index (κ2) is 18.1. The molecule has 0 aromatic rings. The fourth-order valence-electron chi connectivity index (χ4n) is 3.27. The number of alkyl carbamates (subject to hydrolysis) is 1. The van der Waals surface area contributed by atoms with Crippen molar-refractivity contribution in [2.45, 2.75) is 71.1 Å². The Morgan fingerprint density at radius 3 is 2.07 bits per heavy atom. The highest BCUT2D eigenvalue weighted by molar-refractivity contribution is 9.14. The summed E-state index contributed by atoms with van der Waals surface area (Å²) in [5.74, 6) is -3.19. The van der Waals surface area contributed by atoms with E-state index in [1.54, 1.807) is 20.8 Å². The van der Waals surface area contributed by atoms with Gasteiger partial charge in [0, 0.05) is 13.0 Å². The topological polar surface area (TPSA) is 190 Å². The summed E-state index contributed by atoms with van der Waals surface area (Å²) in [5, 5.41) is 16.9. The molecule has 5 amide bonds. The number of amides is 5. The van der Waals surface area contributed by atoms with E-state index < -0.39 is 53.4 Å². The van der Waals surface area contributed by atoms with Gasteiger partial charge in [0.2, 0.25) is 11.8 Å².